The summed E-state index contributed by atoms with van der Waals surface area (Å²) in [6, 6.07) is 9.31. The molecule has 0 unspecified atom stereocenters. The molecule has 2 aromatic carbocycles. The number of aromatic nitrogens is 1. The molecule has 1 fully saturated rings. The maximum Gasteiger partial charge on any atom is 0.274 e. The number of aromatic hydroxyl groups is 1. The normalized spacial score (nSPS) is 23.2. The van der Waals surface area contributed by atoms with Crippen LogP contribution in [0.3, 0.4) is 0 Å². The summed E-state index contributed by atoms with van der Waals surface area (Å²) in [5.74, 6) is -3.17. The van der Waals surface area contributed by atoms with E-state index in [9.17, 15) is 28.3 Å². The molecule has 1 spiro atoms. The quantitative estimate of drug-likeness (QED) is 0.534. The summed E-state index contributed by atoms with van der Waals surface area (Å²) in [4.78, 5) is 41.3. The Morgan fingerprint density at radius 1 is 1.21 bits per heavy atom. The number of fused-ring (bicyclic) bond motifs is 6. The number of amides is 2. The second-order valence-corrected chi connectivity index (χ2v) is 10.7. The smallest absolute Gasteiger partial charge is 0.274 e. The van der Waals surface area contributed by atoms with Gasteiger partial charge in [-0.2, -0.15) is 0 Å². The highest BCUT2D eigenvalue weighted by Gasteiger charge is 2.53. The minimum absolute atomic E-state index is 0.155. The fourth-order valence-electron chi connectivity index (χ4n) is 6.12. The van der Waals surface area contributed by atoms with Crippen LogP contribution in [0.4, 0.5) is 8.78 Å². The van der Waals surface area contributed by atoms with Gasteiger partial charge in [-0.15, -0.1) is 0 Å². The fraction of sp³-hybridized carbons (Fsp3) is 0.345. The van der Waals surface area contributed by atoms with E-state index >= 15 is 0 Å². The number of para-hydroxylation sites is 1. The van der Waals surface area contributed by atoms with Gasteiger partial charge in [-0.1, -0.05) is 18.2 Å². The summed E-state index contributed by atoms with van der Waals surface area (Å²) in [6.45, 7) is 3.23. The molecule has 3 aliphatic heterocycles. The monoisotopic (exact) mass is 535 g/mol. The van der Waals surface area contributed by atoms with E-state index < -0.39 is 58.4 Å². The number of benzene rings is 2. The molecule has 3 aliphatic rings. The summed E-state index contributed by atoms with van der Waals surface area (Å²) in [6.07, 6.45) is 3.08. The first-order valence-corrected chi connectivity index (χ1v) is 12.9. The molecule has 2 N–H and O–H groups in total. The number of carbonyl (C=O) groups is 2. The van der Waals surface area contributed by atoms with Crippen LogP contribution in [0, 0.1) is 18.6 Å². The van der Waals surface area contributed by atoms with Gasteiger partial charge in [0.05, 0.1) is 6.04 Å². The molecule has 202 valence electrons. The first-order valence-electron chi connectivity index (χ1n) is 12.9. The number of nitrogens with one attached hydrogen (secondary N) is 1. The van der Waals surface area contributed by atoms with Crippen molar-refractivity contribution < 1.29 is 28.2 Å². The Morgan fingerprint density at radius 2 is 1.92 bits per heavy atom. The van der Waals surface area contributed by atoms with E-state index in [0.717, 1.165) is 23.4 Å². The first-order chi connectivity index (χ1) is 18.6. The highest BCUT2D eigenvalue weighted by Crippen LogP contribution is 2.48. The van der Waals surface area contributed by atoms with Crippen molar-refractivity contribution in [1.82, 2.24) is 14.8 Å². The second-order valence-electron chi connectivity index (χ2n) is 10.7. The minimum atomic E-state index is -1.03. The molecule has 39 heavy (non-hydrogen) atoms. The van der Waals surface area contributed by atoms with E-state index in [1.54, 1.807) is 11.8 Å². The predicted molar refractivity (Wildman–Crippen MR) is 137 cm³/mol. The van der Waals surface area contributed by atoms with Crippen molar-refractivity contribution in [3.8, 4) is 11.5 Å². The molecule has 3 aromatic rings. The lowest BCUT2D eigenvalue weighted by atomic mass is 9.84. The predicted octanol–water partition coefficient (Wildman–Crippen LogP) is 3.62. The molecule has 2 bridgehead atoms. The third-order valence-electron chi connectivity index (χ3n) is 8.24. The summed E-state index contributed by atoms with van der Waals surface area (Å²) < 4.78 is 36.7. The maximum absolute atomic E-state index is 14.3. The van der Waals surface area contributed by atoms with E-state index in [1.165, 1.54) is 10.8 Å². The molecule has 6 rings (SSSR count). The molecule has 1 aromatic heterocycles. The van der Waals surface area contributed by atoms with Crippen molar-refractivity contribution in [3.05, 3.63) is 92.4 Å². The molecule has 10 heteroatoms. The molecule has 0 saturated carbocycles. The van der Waals surface area contributed by atoms with Gasteiger partial charge in [0.2, 0.25) is 5.43 Å². The Balaban J connectivity index is 1.41. The van der Waals surface area contributed by atoms with Gasteiger partial charge < -0.3 is 24.6 Å². The van der Waals surface area contributed by atoms with Crippen molar-refractivity contribution in [1.29, 1.82) is 0 Å². The number of nitrogens with zero attached hydrogens (tertiary/aromatic N) is 2. The van der Waals surface area contributed by atoms with Gasteiger partial charge in [-0.05, 0) is 56.0 Å². The average molecular weight is 536 g/mol. The molecule has 8 nitrogen and oxygen atoms in total. The molecular formula is C29H27F2N3O5. The zero-order valence-corrected chi connectivity index (χ0v) is 21.5. The number of aryl methyl sites for hydroxylation is 1. The lowest BCUT2D eigenvalue weighted by Gasteiger charge is -2.42. The summed E-state index contributed by atoms with van der Waals surface area (Å²) >= 11 is 0. The molecule has 0 radical (unpaired) electrons. The average Bonchev–Trinajstić information content (AvgIpc) is 3.22. The number of hydrogen-bond acceptors (Lipinski definition) is 5. The van der Waals surface area contributed by atoms with Gasteiger partial charge in [0.25, 0.3) is 11.8 Å². The third kappa shape index (κ3) is 3.88. The Morgan fingerprint density at radius 3 is 2.64 bits per heavy atom. The van der Waals surface area contributed by atoms with Crippen molar-refractivity contribution >= 4 is 11.8 Å². The van der Waals surface area contributed by atoms with Crippen LogP contribution in [0.5, 0.6) is 11.5 Å². The van der Waals surface area contributed by atoms with Crippen LogP contribution in [0.25, 0.3) is 0 Å². The largest absolute Gasteiger partial charge is 0.503 e. The number of hydrogen-bond donors (Lipinski definition) is 2. The molecule has 3 atom stereocenters. The lowest BCUT2D eigenvalue weighted by molar-refractivity contribution is 0.0148. The fourth-order valence-corrected chi connectivity index (χ4v) is 6.12. The number of ether oxygens (including phenoxy) is 1. The van der Waals surface area contributed by atoms with E-state index in [1.807, 2.05) is 31.2 Å². The Labute approximate surface area is 222 Å². The van der Waals surface area contributed by atoms with E-state index in [0.29, 0.717) is 24.8 Å². The molecule has 0 aliphatic carbocycles. The van der Waals surface area contributed by atoms with Gasteiger partial charge in [0.15, 0.2) is 11.4 Å². The van der Waals surface area contributed by atoms with Crippen LogP contribution in [-0.4, -0.2) is 44.6 Å². The van der Waals surface area contributed by atoms with Gasteiger partial charge in [0.1, 0.15) is 28.5 Å². The highest BCUT2D eigenvalue weighted by molar-refractivity contribution is 5.99. The van der Waals surface area contributed by atoms with Crippen LogP contribution >= 0.6 is 0 Å². The summed E-state index contributed by atoms with van der Waals surface area (Å²) in [5, 5.41) is 13.3. The van der Waals surface area contributed by atoms with Gasteiger partial charge in [0, 0.05) is 37.3 Å². The van der Waals surface area contributed by atoms with Gasteiger partial charge >= 0.3 is 0 Å². The topological polar surface area (TPSA) is 101 Å². The number of halogens is 2. The SMILES string of the molecule is Cc1cc(F)c(CNC(=O)c2cn3c(c(O)c2=O)C(=O)N2C[C@@H]3[C@@]3(CC[C@@H]2C)Cc2ccccc2O3)c(F)c1. The van der Waals surface area contributed by atoms with Crippen molar-refractivity contribution in [3.63, 3.8) is 0 Å². The summed E-state index contributed by atoms with van der Waals surface area (Å²) in [5.41, 5.74) is -1.39. The lowest BCUT2D eigenvalue weighted by Crippen LogP contribution is -2.53. The molecular weight excluding hydrogens is 508 g/mol. The zero-order valence-electron chi connectivity index (χ0n) is 21.5. The molecule has 4 heterocycles. The van der Waals surface area contributed by atoms with Crippen LogP contribution in [0.1, 0.15) is 63.3 Å². The van der Waals surface area contributed by atoms with Crippen LogP contribution in [0.15, 0.2) is 47.4 Å². The van der Waals surface area contributed by atoms with Crippen LogP contribution < -0.4 is 15.5 Å². The molecule has 1 saturated heterocycles. The van der Waals surface area contributed by atoms with Gasteiger partial charge in [-0.25, -0.2) is 8.78 Å². The Bertz CT molecular complexity index is 1550. The number of pyridine rings is 1. The third-order valence-corrected chi connectivity index (χ3v) is 8.24. The van der Waals surface area contributed by atoms with E-state index in [-0.39, 0.29) is 23.8 Å². The van der Waals surface area contributed by atoms with E-state index in [2.05, 4.69) is 5.32 Å². The summed E-state index contributed by atoms with van der Waals surface area (Å²) in [7, 11) is 0. The van der Waals surface area contributed by atoms with Crippen molar-refractivity contribution in [2.24, 2.45) is 0 Å². The number of carbonyl (C=O) groups excluding carboxylic acids is 2. The minimum Gasteiger partial charge on any atom is -0.503 e. The van der Waals surface area contributed by atoms with Crippen LogP contribution in [-0.2, 0) is 13.0 Å². The Hall–Kier alpha value is -4.21. The van der Waals surface area contributed by atoms with Crippen molar-refractivity contribution in [2.75, 3.05) is 6.54 Å². The van der Waals surface area contributed by atoms with Gasteiger partial charge in [-0.3, -0.25) is 14.4 Å². The standard InChI is InChI=1S/C29H27F2N3O5/c1-15-9-20(30)18(21(31)10-15)12-32-27(37)19-13-34-23-14-33(28(38)24(34)26(36)25(19)35)16(2)7-8-29(23)11-17-5-3-4-6-22(17)39-29/h3-6,9-10,13,16,23,36H,7-8,11-12,14H2,1-2H3,(H,32,37)/t16-,23+,29+/m0/s1. The van der Waals surface area contributed by atoms with Crippen LogP contribution in [0.2, 0.25) is 0 Å². The first kappa shape index (κ1) is 25.1. The number of rotatable bonds is 3. The maximum atomic E-state index is 14.3. The highest BCUT2D eigenvalue weighted by atomic mass is 19.1. The Kier molecular flexibility index (Phi) is 5.74. The van der Waals surface area contributed by atoms with E-state index in [4.69, 9.17) is 4.74 Å². The zero-order chi connectivity index (χ0) is 27.6. The second kappa shape index (κ2) is 8.93. The van der Waals surface area contributed by atoms with Crippen molar-refractivity contribution in [2.45, 2.75) is 57.3 Å². The molecule has 2 amide bonds.